The number of hydrogen-bond acceptors (Lipinski definition) is 3. The third-order valence-corrected chi connectivity index (χ3v) is 5.40. The number of aryl methyl sites for hydroxylation is 2. The van der Waals surface area contributed by atoms with E-state index in [9.17, 15) is 14.0 Å². The lowest BCUT2D eigenvalue weighted by Gasteiger charge is -2.13. The van der Waals surface area contributed by atoms with Gasteiger partial charge in [0, 0.05) is 5.56 Å². The smallest absolute Gasteiger partial charge is 0.287 e. The number of thiophene rings is 1. The van der Waals surface area contributed by atoms with Crippen LogP contribution in [0.5, 0.6) is 0 Å². The van der Waals surface area contributed by atoms with Crippen LogP contribution < -0.4 is 11.2 Å². The van der Waals surface area contributed by atoms with Gasteiger partial charge in [-0.3, -0.25) is 9.36 Å². The predicted octanol–water partition coefficient (Wildman–Crippen LogP) is 4.02. The Bertz CT molecular complexity index is 1260. The minimum absolute atomic E-state index is 0.0593. The van der Waals surface area contributed by atoms with Crippen molar-refractivity contribution in [1.29, 1.82) is 0 Å². The zero-order valence-corrected chi connectivity index (χ0v) is 15.7. The number of nitrogens with zero attached hydrogens (tertiary/aromatic N) is 2. The van der Waals surface area contributed by atoms with Gasteiger partial charge in [0.1, 0.15) is 10.5 Å². The lowest BCUT2D eigenvalue weighted by atomic mass is 10.1. The van der Waals surface area contributed by atoms with Crippen molar-refractivity contribution >= 4 is 21.6 Å². The molecule has 0 fully saturated rings. The van der Waals surface area contributed by atoms with E-state index in [-0.39, 0.29) is 17.9 Å². The van der Waals surface area contributed by atoms with E-state index in [0.29, 0.717) is 21.5 Å². The van der Waals surface area contributed by atoms with Gasteiger partial charge in [0.15, 0.2) is 0 Å². The quantitative estimate of drug-likeness (QED) is 0.539. The number of fused-ring (bicyclic) bond motifs is 1. The normalized spacial score (nSPS) is 11.2. The van der Waals surface area contributed by atoms with Gasteiger partial charge in [0.2, 0.25) is 0 Å². The lowest BCUT2D eigenvalue weighted by molar-refractivity contribution is 0.594. The van der Waals surface area contributed by atoms with E-state index < -0.39 is 5.69 Å². The fourth-order valence-corrected chi connectivity index (χ4v) is 4.17. The van der Waals surface area contributed by atoms with Crippen LogP contribution in [0.15, 0.2) is 63.5 Å². The molecule has 2 aromatic heterocycles. The first kappa shape index (κ1) is 17.4. The van der Waals surface area contributed by atoms with Gasteiger partial charge in [-0.15, -0.1) is 11.3 Å². The molecule has 0 radical (unpaired) electrons. The van der Waals surface area contributed by atoms with Crippen LogP contribution in [0.4, 0.5) is 4.39 Å². The molecule has 0 saturated carbocycles. The molecule has 2 heterocycles. The van der Waals surface area contributed by atoms with Crippen molar-refractivity contribution in [3.8, 4) is 5.69 Å². The van der Waals surface area contributed by atoms with E-state index in [4.69, 9.17) is 0 Å². The minimum atomic E-state index is -0.473. The first-order valence-electron chi connectivity index (χ1n) is 8.51. The van der Waals surface area contributed by atoms with Gasteiger partial charge in [-0.1, -0.05) is 24.3 Å². The molecule has 27 heavy (non-hydrogen) atoms. The van der Waals surface area contributed by atoms with Crippen LogP contribution in [0.25, 0.3) is 15.9 Å². The summed E-state index contributed by atoms with van der Waals surface area (Å²) in [5.41, 5.74) is 2.56. The fraction of sp³-hybridized carbons (Fsp3) is 0.143. The molecule has 2 aromatic carbocycles. The molecule has 4 nitrogen and oxygen atoms in total. The van der Waals surface area contributed by atoms with Gasteiger partial charge in [-0.25, -0.2) is 13.8 Å². The van der Waals surface area contributed by atoms with Crippen LogP contribution in [0.3, 0.4) is 0 Å². The van der Waals surface area contributed by atoms with Crippen molar-refractivity contribution < 1.29 is 4.39 Å². The van der Waals surface area contributed by atoms with Gasteiger partial charge in [-0.2, -0.15) is 0 Å². The second kappa shape index (κ2) is 6.63. The zero-order valence-electron chi connectivity index (χ0n) is 14.9. The monoisotopic (exact) mass is 380 g/mol. The average Bonchev–Trinajstić information content (AvgIpc) is 3.09. The van der Waals surface area contributed by atoms with E-state index in [1.807, 2.05) is 32.0 Å². The molecule has 0 unspecified atom stereocenters. The summed E-state index contributed by atoms with van der Waals surface area (Å²) in [4.78, 5) is 26.2. The second-order valence-corrected chi connectivity index (χ2v) is 7.50. The molecule has 4 aromatic rings. The summed E-state index contributed by atoms with van der Waals surface area (Å²) in [6.07, 6.45) is 0. The Kier molecular flexibility index (Phi) is 4.28. The highest BCUT2D eigenvalue weighted by Crippen LogP contribution is 2.19. The maximum Gasteiger partial charge on any atom is 0.336 e. The first-order chi connectivity index (χ1) is 13.0. The van der Waals surface area contributed by atoms with Crippen molar-refractivity contribution in [2.45, 2.75) is 20.4 Å². The third kappa shape index (κ3) is 3.02. The minimum Gasteiger partial charge on any atom is -0.287 e. The topological polar surface area (TPSA) is 44.0 Å². The molecule has 0 bridgehead atoms. The van der Waals surface area contributed by atoms with Crippen LogP contribution in [-0.2, 0) is 6.54 Å². The molecule has 0 aliphatic heterocycles. The number of rotatable bonds is 3. The molecule has 0 amide bonds. The van der Waals surface area contributed by atoms with Gasteiger partial charge in [-0.05, 0) is 54.6 Å². The standard InChI is InChI=1S/C21H17FN2O2S/c1-13-9-14(2)11-16(10-13)24-20(25)19-18(7-8-27-19)23(21(24)26)12-15-5-3-4-6-17(15)22/h3-11H,12H2,1-2H3. The molecular formula is C21H17FN2O2S. The third-order valence-electron chi connectivity index (χ3n) is 4.51. The molecule has 0 spiro atoms. The van der Waals surface area contributed by atoms with Crippen LogP contribution in [0.1, 0.15) is 16.7 Å². The molecule has 0 atom stereocenters. The van der Waals surface area contributed by atoms with Crippen molar-refractivity contribution in [2.75, 3.05) is 0 Å². The summed E-state index contributed by atoms with van der Waals surface area (Å²) >= 11 is 1.28. The van der Waals surface area contributed by atoms with Gasteiger partial charge >= 0.3 is 5.69 Å². The summed E-state index contributed by atoms with van der Waals surface area (Å²) < 4.78 is 17.3. The van der Waals surface area contributed by atoms with Gasteiger partial charge < -0.3 is 0 Å². The van der Waals surface area contributed by atoms with Crippen LogP contribution >= 0.6 is 11.3 Å². The summed E-state index contributed by atoms with van der Waals surface area (Å²) in [5.74, 6) is -0.378. The Morgan fingerprint density at radius 1 is 1.00 bits per heavy atom. The summed E-state index contributed by atoms with van der Waals surface area (Å²) in [5, 5.41) is 1.77. The first-order valence-corrected chi connectivity index (χ1v) is 9.39. The van der Waals surface area contributed by atoms with Crippen LogP contribution in [0.2, 0.25) is 0 Å². The van der Waals surface area contributed by atoms with Crippen LogP contribution in [-0.4, -0.2) is 9.13 Å². The van der Waals surface area contributed by atoms with E-state index in [0.717, 1.165) is 11.1 Å². The van der Waals surface area contributed by atoms with Gasteiger partial charge in [0.25, 0.3) is 5.56 Å². The highest BCUT2D eigenvalue weighted by atomic mass is 32.1. The van der Waals surface area contributed by atoms with Crippen molar-refractivity contribution in [2.24, 2.45) is 0 Å². The van der Waals surface area contributed by atoms with Crippen LogP contribution in [0, 0.1) is 19.7 Å². The summed E-state index contributed by atoms with van der Waals surface area (Å²) in [6, 6.07) is 13.7. The number of aromatic nitrogens is 2. The van der Waals surface area contributed by atoms with E-state index >= 15 is 0 Å². The molecule has 0 N–H and O–H groups in total. The molecule has 0 saturated heterocycles. The zero-order chi connectivity index (χ0) is 19.1. The fourth-order valence-electron chi connectivity index (χ4n) is 3.34. The Hall–Kier alpha value is -2.99. The van der Waals surface area contributed by atoms with Crippen molar-refractivity contribution in [3.63, 3.8) is 0 Å². The number of benzene rings is 2. The maximum atomic E-state index is 14.2. The van der Waals surface area contributed by atoms with E-state index in [1.165, 1.54) is 26.5 Å². The van der Waals surface area contributed by atoms with Crippen molar-refractivity contribution in [1.82, 2.24) is 9.13 Å². The Morgan fingerprint density at radius 3 is 2.41 bits per heavy atom. The highest BCUT2D eigenvalue weighted by molar-refractivity contribution is 7.17. The summed E-state index contributed by atoms with van der Waals surface area (Å²) in [7, 11) is 0. The molecular weight excluding hydrogens is 363 g/mol. The summed E-state index contributed by atoms with van der Waals surface area (Å²) in [6.45, 7) is 3.90. The molecule has 6 heteroatoms. The predicted molar refractivity (Wildman–Crippen MR) is 107 cm³/mol. The molecule has 0 aliphatic carbocycles. The van der Waals surface area contributed by atoms with E-state index in [2.05, 4.69) is 0 Å². The van der Waals surface area contributed by atoms with E-state index in [1.54, 1.807) is 29.6 Å². The molecule has 4 rings (SSSR count). The molecule has 136 valence electrons. The SMILES string of the molecule is Cc1cc(C)cc(-n2c(=O)c3sccc3n(Cc3ccccc3F)c2=O)c1. The Morgan fingerprint density at radius 2 is 1.70 bits per heavy atom. The lowest BCUT2D eigenvalue weighted by Crippen LogP contribution is -2.38. The van der Waals surface area contributed by atoms with Crippen molar-refractivity contribution in [3.05, 3.63) is 97.3 Å². The largest absolute Gasteiger partial charge is 0.336 e. The number of hydrogen-bond donors (Lipinski definition) is 0. The average molecular weight is 380 g/mol. The second-order valence-electron chi connectivity index (χ2n) is 6.58. The molecule has 0 aliphatic rings. The maximum absolute atomic E-state index is 14.2. The highest BCUT2D eigenvalue weighted by Gasteiger charge is 2.17. The Balaban J connectivity index is 2.03. The Labute approximate surface area is 158 Å². The number of halogens is 1. The van der Waals surface area contributed by atoms with Gasteiger partial charge in [0.05, 0.1) is 17.7 Å².